The molecule has 0 heterocycles. The first-order valence-electron chi connectivity index (χ1n) is 11.2. The number of nitrogens with zero attached hydrogens (tertiary/aromatic N) is 1. The average Bonchev–Trinajstić information content (AvgIpc) is 3.34. The smallest absolute Gasteiger partial charge is 0.222 e. The summed E-state index contributed by atoms with van der Waals surface area (Å²) in [7, 11) is 3.61. The number of amides is 1. The third-order valence-corrected chi connectivity index (χ3v) is 7.06. The Balaban J connectivity index is 1.43. The van der Waals surface area contributed by atoms with E-state index in [1.165, 1.54) is 31.3 Å². The molecule has 0 spiro atoms. The van der Waals surface area contributed by atoms with E-state index in [0.29, 0.717) is 30.6 Å². The molecule has 3 aliphatic carbocycles. The van der Waals surface area contributed by atoms with Crippen LogP contribution in [0.2, 0.25) is 0 Å². The van der Waals surface area contributed by atoms with Gasteiger partial charge >= 0.3 is 0 Å². The van der Waals surface area contributed by atoms with Crippen LogP contribution in [-0.4, -0.2) is 41.9 Å². The van der Waals surface area contributed by atoms with Gasteiger partial charge in [0.25, 0.3) is 0 Å². The number of hydrogen-bond acceptors (Lipinski definition) is 3. The molecule has 28 heavy (non-hydrogen) atoms. The van der Waals surface area contributed by atoms with E-state index < -0.39 is 0 Å². The van der Waals surface area contributed by atoms with Crippen LogP contribution in [0.5, 0.6) is 0 Å². The van der Waals surface area contributed by atoms with Gasteiger partial charge in [-0.15, -0.1) is 0 Å². The quantitative estimate of drug-likeness (QED) is 0.365. The summed E-state index contributed by atoms with van der Waals surface area (Å²) in [6.45, 7) is 0. The van der Waals surface area contributed by atoms with Crippen LogP contribution >= 0.6 is 0 Å². The van der Waals surface area contributed by atoms with Crippen molar-refractivity contribution < 1.29 is 14.7 Å². The fourth-order valence-corrected chi connectivity index (χ4v) is 5.43. The molecule has 0 radical (unpaired) electrons. The van der Waals surface area contributed by atoms with Crippen molar-refractivity contribution >= 4 is 11.7 Å². The fraction of sp³-hybridized carbons (Fsp3) is 0.750. The standard InChI is InChI=1S/C24H37NO3/c1-25(2)24(28)10-6-5-9-18-13-19-16-23(27)21(22(19)15-18)12-11-20(26)14-17-7-3-4-8-17/h11-13,17,19,21-23,27H,3-10,14-16H2,1-2H3/b12-11+/t19-,21+,22-,23+/m0/s1. The molecule has 3 rings (SSSR count). The van der Waals surface area contributed by atoms with Crippen molar-refractivity contribution in [2.24, 2.45) is 23.7 Å². The zero-order valence-corrected chi connectivity index (χ0v) is 17.6. The second kappa shape index (κ2) is 9.87. The molecule has 3 aliphatic rings. The molecule has 156 valence electrons. The van der Waals surface area contributed by atoms with Crippen LogP contribution in [0.4, 0.5) is 0 Å². The Labute approximate surface area is 170 Å². The zero-order valence-electron chi connectivity index (χ0n) is 17.6. The monoisotopic (exact) mass is 387 g/mol. The maximum absolute atomic E-state index is 12.3. The van der Waals surface area contributed by atoms with E-state index in [1.807, 2.05) is 6.08 Å². The predicted octanol–water partition coefficient (Wildman–Crippen LogP) is 4.28. The highest BCUT2D eigenvalue weighted by atomic mass is 16.3. The molecule has 4 heteroatoms. The van der Waals surface area contributed by atoms with Crippen LogP contribution in [-0.2, 0) is 9.59 Å². The minimum Gasteiger partial charge on any atom is -0.392 e. The summed E-state index contributed by atoms with van der Waals surface area (Å²) >= 11 is 0. The van der Waals surface area contributed by atoms with Crippen LogP contribution < -0.4 is 0 Å². The first-order chi connectivity index (χ1) is 13.4. The van der Waals surface area contributed by atoms with E-state index in [4.69, 9.17) is 0 Å². The lowest BCUT2D eigenvalue weighted by Crippen LogP contribution is -2.21. The summed E-state index contributed by atoms with van der Waals surface area (Å²) in [5, 5.41) is 10.5. The van der Waals surface area contributed by atoms with Gasteiger partial charge < -0.3 is 10.0 Å². The van der Waals surface area contributed by atoms with Crippen LogP contribution in [0, 0.1) is 23.7 Å². The van der Waals surface area contributed by atoms with E-state index in [9.17, 15) is 14.7 Å². The summed E-state index contributed by atoms with van der Waals surface area (Å²) in [6, 6.07) is 0. The molecule has 2 fully saturated rings. The van der Waals surface area contributed by atoms with Gasteiger partial charge in [-0.1, -0.05) is 43.4 Å². The lowest BCUT2D eigenvalue weighted by molar-refractivity contribution is -0.128. The summed E-state index contributed by atoms with van der Waals surface area (Å²) in [4.78, 5) is 25.6. The number of aliphatic hydroxyl groups is 1. The van der Waals surface area contributed by atoms with Crippen molar-refractivity contribution in [2.45, 2.75) is 76.7 Å². The van der Waals surface area contributed by atoms with Gasteiger partial charge in [-0.3, -0.25) is 9.59 Å². The van der Waals surface area contributed by atoms with Gasteiger partial charge in [0.1, 0.15) is 0 Å². The highest BCUT2D eigenvalue weighted by molar-refractivity contribution is 5.89. The third kappa shape index (κ3) is 5.56. The number of aliphatic hydroxyl groups excluding tert-OH is 1. The number of unbranched alkanes of at least 4 members (excludes halogenated alkanes) is 1. The number of ketones is 1. The molecule has 4 nitrogen and oxygen atoms in total. The predicted molar refractivity (Wildman–Crippen MR) is 112 cm³/mol. The molecule has 0 aromatic rings. The van der Waals surface area contributed by atoms with Crippen LogP contribution in [0.15, 0.2) is 23.8 Å². The molecule has 0 unspecified atom stereocenters. The van der Waals surface area contributed by atoms with Gasteiger partial charge in [-0.25, -0.2) is 0 Å². The Morgan fingerprint density at radius 1 is 1.21 bits per heavy atom. The average molecular weight is 388 g/mol. The van der Waals surface area contributed by atoms with E-state index in [-0.39, 0.29) is 23.7 Å². The van der Waals surface area contributed by atoms with Crippen LogP contribution in [0.3, 0.4) is 0 Å². The minimum absolute atomic E-state index is 0.113. The summed E-state index contributed by atoms with van der Waals surface area (Å²) < 4.78 is 0. The Morgan fingerprint density at radius 3 is 2.68 bits per heavy atom. The normalized spacial score (nSPS) is 30.0. The first kappa shape index (κ1) is 21.3. The second-order valence-corrected chi connectivity index (χ2v) is 9.41. The molecule has 0 aromatic carbocycles. The maximum atomic E-state index is 12.3. The van der Waals surface area contributed by atoms with E-state index in [1.54, 1.807) is 25.1 Å². The van der Waals surface area contributed by atoms with Gasteiger partial charge in [-0.05, 0) is 55.9 Å². The summed E-state index contributed by atoms with van der Waals surface area (Å²) in [5.41, 5.74) is 1.48. The lowest BCUT2D eigenvalue weighted by atomic mass is 9.88. The Kier molecular flexibility index (Phi) is 7.50. The van der Waals surface area contributed by atoms with Crippen LogP contribution in [0.25, 0.3) is 0 Å². The van der Waals surface area contributed by atoms with Crippen molar-refractivity contribution in [2.75, 3.05) is 14.1 Å². The van der Waals surface area contributed by atoms with Crippen molar-refractivity contribution in [3.05, 3.63) is 23.8 Å². The van der Waals surface area contributed by atoms with Crippen molar-refractivity contribution in [3.63, 3.8) is 0 Å². The fourth-order valence-electron chi connectivity index (χ4n) is 5.43. The molecule has 0 saturated heterocycles. The zero-order chi connectivity index (χ0) is 20.1. The molecule has 1 N–H and O–H groups in total. The number of carbonyl (C=O) groups excluding carboxylic acids is 2. The highest BCUT2D eigenvalue weighted by Gasteiger charge is 2.43. The lowest BCUT2D eigenvalue weighted by Gasteiger charge is -2.18. The Hall–Kier alpha value is -1.42. The van der Waals surface area contributed by atoms with Gasteiger partial charge in [0.15, 0.2) is 5.78 Å². The summed E-state index contributed by atoms with van der Waals surface area (Å²) in [5.74, 6) is 2.03. The SMILES string of the molecule is CN(C)C(=O)CCCCC1=C[C@H]2C[C@@H](O)[C@H](/C=C/C(=O)CC3CCCC3)[C@H]2C1. The Bertz CT molecular complexity index is 615. The molecular formula is C24H37NO3. The number of allylic oxidation sites excluding steroid dienone is 3. The van der Waals surface area contributed by atoms with E-state index in [2.05, 4.69) is 6.08 Å². The van der Waals surface area contributed by atoms with Gasteiger partial charge in [0, 0.05) is 32.9 Å². The summed E-state index contributed by atoms with van der Waals surface area (Å²) in [6.07, 6.45) is 17.0. The second-order valence-electron chi connectivity index (χ2n) is 9.41. The molecule has 0 bridgehead atoms. The molecule has 1 amide bonds. The van der Waals surface area contributed by atoms with Crippen LogP contribution in [0.1, 0.15) is 70.6 Å². The number of fused-ring (bicyclic) bond motifs is 1. The van der Waals surface area contributed by atoms with E-state index in [0.717, 1.165) is 32.1 Å². The molecular weight excluding hydrogens is 350 g/mol. The first-order valence-corrected chi connectivity index (χ1v) is 11.2. The van der Waals surface area contributed by atoms with Gasteiger partial charge in [-0.2, -0.15) is 0 Å². The molecule has 2 saturated carbocycles. The minimum atomic E-state index is -0.318. The number of hydrogen-bond donors (Lipinski definition) is 1. The van der Waals surface area contributed by atoms with E-state index >= 15 is 0 Å². The van der Waals surface area contributed by atoms with Gasteiger partial charge in [0.2, 0.25) is 5.91 Å². The molecule has 0 aliphatic heterocycles. The Morgan fingerprint density at radius 2 is 1.96 bits per heavy atom. The molecule has 0 aromatic heterocycles. The third-order valence-electron chi connectivity index (χ3n) is 7.06. The van der Waals surface area contributed by atoms with Crippen molar-refractivity contribution in [3.8, 4) is 0 Å². The van der Waals surface area contributed by atoms with Crippen molar-refractivity contribution in [1.82, 2.24) is 4.90 Å². The van der Waals surface area contributed by atoms with Gasteiger partial charge in [0.05, 0.1) is 6.10 Å². The maximum Gasteiger partial charge on any atom is 0.222 e. The topological polar surface area (TPSA) is 57.6 Å². The van der Waals surface area contributed by atoms with Crippen molar-refractivity contribution in [1.29, 1.82) is 0 Å². The number of carbonyl (C=O) groups is 2. The largest absolute Gasteiger partial charge is 0.392 e. The number of rotatable bonds is 9. The highest BCUT2D eigenvalue weighted by Crippen LogP contribution is 2.48. The molecule has 4 atom stereocenters.